The fourth-order valence-corrected chi connectivity index (χ4v) is 4.92. The topological polar surface area (TPSA) is 57.5 Å². The molecule has 3 nitrogen and oxygen atoms in total. The summed E-state index contributed by atoms with van der Waals surface area (Å²) in [5.41, 5.74) is 3.26. The van der Waals surface area contributed by atoms with Gasteiger partial charge in [0.2, 0.25) is 0 Å². The summed E-state index contributed by atoms with van der Waals surface area (Å²) in [6.07, 6.45) is 1.60. The van der Waals surface area contributed by atoms with Crippen LogP contribution in [-0.2, 0) is 17.3 Å². The Kier molecular flexibility index (Phi) is 5.08. The third-order valence-corrected chi connectivity index (χ3v) is 6.18. The summed E-state index contributed by atoms with van der Waals surface area (Å²) in [5, 5.41) is 20.2. The lowest BCUT2D eigenvalue weighted by atomic mass is 9.74. The Morgan fingerprint density at radius 3 is 2.03 bits per heavy atom. The summed E-state index contributed by atoms with van der Waals surface area (Å²) in [4.78, 5) is 12.4. The number of carbonyl (C=O) groups is 1. The fraction of sp³-hybridized carbons (Fsp3) is 0.500. The molecular formula is C26H34O3. The number of carbonyl (C=O) groups excluding carboxylic acids is 1. The van der Waals surface area contributed by atoms with E-state index in [0.717, 1.165) is 12.0 Å². The van der Waals surface area contributed by atoms with Gasteiger partial charge in [-0.15, -0.1) is 0 Å². The molecule has 0 bridgehead atoms. The molecule has 1 unspecified atom stereocenters. The zero-order valence-electron chi connectivity index (χ0n) is 18.8. The third-order valence-electron chi connectivity index (χ3n) is 6.18. The van der Waals surface area contributed by atoms with Crippen LogP contribution >= 0.6 is 0 Å². The second-order valence-electron chi connectivity index (χ2n) is 10.7. The predicted octanol–water partition coefficient (Wildman–Crippen LogP) is 4.94. The van der Waals surface area contributed by atoms with Gasteiger partial charge in [-0.3, -0.25) is 4.79 Å². The molecule has 1 atom stereocenters. The molecule has 0 saturated heterocycles. The van der Waals surface area contributed by atoms with E-state index in [1.165, 1.54) is 30.5 Å². The monoisotopic (exact) mass is 394 g/mol. The van der Waals surface area contributed by atoms with Crippen LogP contribution in [0.15, 0.2) is 42.5 Å². The van der Waals surface area contributed by atoms with Gasteiger partial charge in [0, 0.05) is 17.4 Å². The van der Waals surface area contributed by atoms with Crippen LogP contribution in [0.4, 0.5) is 0 Å². The maximum absolute atomic E-state index is 12.4. The van der Waals surface area contributed by atoms with Gasteiger partial charge >= 0.3 is 0 Å². The van der Waals surface area contributed by atoms with E-state index in [1.54, 1.807) is 0 Å². The summed E-state index contributed by atoms with van der Waals surface area (Å²) < 4.78 is 0. The molecular weight excluding hydrogens is 360 g/mol. The minimum absolute atomic E-state index is 0.0152. The van der Waals surface area contributed by atoms with Crippen molar-refractivity contribution in [2.75, 3.05) is 0 Å². The van der Waals surface area contributed by atoms with Gasteiger partial charge in [-0.2, -0.15) is 0 Å². The van der Waals surface area contributed by atoms with Crippen molar-refractivity contribution in [3.8, 4) is 0 Å². The minimum Gasteiger partial charge on any atom is -0.390 e. The van der Waals surface area contributed by atoms with Crippen LogP contribution in [0.1, 0.15) is 87.5 Å². The van der Waals surface area contributed by atoms with E-state index in [2.05, 4.69) is 39.0 Å². The summed E-state index contributed by atoms with van der Waals surface area (Å²) in [7, 11) is 0. The van der Waals surface area contributed by atoms with Gasteiger partial charge in [-0.25, -0.2) is 0 Å². The molecule has 0 saturated carbocycles. The number of hydrogen-bond acceptors (Lipinski definition) is 3. The van der Waals surface area contributed by atoms with Crippen LogP contribution < -0.4 is 0 Å². The average Bonchev–Trinajstić information content (AvgIpc) is 2.79. The van der Waals surface area contributed by atoms with Crippen molar-refractivity contribution in [1.82, 2.24) is 0 Å². The van der Waals surface area contributed by atoms with Crippen molar-refractivity contribution in [3.63, 3.8) is 0 Å². The summed E-state index contributed by atoms with van der Waals surface area (Å²) in [6.45, 7) is 13.5. The maximum atomic E-state index is 12.4. The van der Waals surface area contributed by atoms with Crippen molar-refractivity contribution in [1.29, 1.82) is 0 Å². The van der Waals surface area contributed by atoms with E-state index >= 15 is 0 Å². The number of fused-ring (bicyclic) bond motifs is 1. The number of Topliss-reactive ketones (excluding diaryl/α,β-unsaturated/α-hetero) is 1. The van der Waals surface area contributed by atoms with Crippen LogP contribution in [0.3, 0.4) is 0 Å². The first-order chi connectivity index (χ1) is 13.1. The zero-order valence-corrected chi connectivity index (χ0v) is 18.8. The highest BCUT2D eigenvalue weighted by Crippen LogP contribution is 2.53. The molecule has 3 rings (SSSR count). The number of aliphatic hydroxyl groups is 2. The van der Waals surface area contributed by atoms with Gasteiger partial charge in [0.1, 0.15) is 5.60 Å². The highest BCUT2D eigenvalue weighted by molar-refractivity contribution is 6.01. The van der Waals surface area contributed by atoms with Crippen molar-refractivity contribution in [2.45, 2.75) is 83.3 Å². The number of benzene rings is 2. The lowest BCUT2D eigenvalue weighted by molar-refractivity contribution is 0.0488. The van der Waals surface area contributed by atoms with Gasteiger partial charge in [0.05, 0.1) is 5.60 Å². The third kappa shape index (κ3) is 4.17. The first-order valence-electron chi connectivity index (χ1n) is 10.4. The Hall–Kier alpha value is -1.97. The smallest absolute Gasteiger partial charge is 0.193 e. The highest BCUT2D eigenvalue weighted by Gasteiger charge is 2.45. The Balaban J connectivity index is 2.01. The average molecular weight is 395 g/mol. The molecule has 0 radical (unpaired) electrons. The molecule has 1 aliphatic carbocycles. The Morgan fingerprint density at radius 2 is 1.52 bits per heavy atom. The molecule has 0 heterocycles. The van der Waals surface area contributed by atoms with Gasteiger partial charge < -0.3 is 10.2 Å². The number of rotatable bonds is 5. The summed E-state index contributed by atoms with van der Waals surface area (Å²) in [5.74, 6) is -0.266. The Morgan fingerprint density at radius 1 is 0.931 bits per heavy atom. The molecule has 156 valence electrons. The Bertz CT molecular complexity index is 924. The zero-order chi connectivity index (χ0) is 21.8. The second-order valence-corrected chi connectivity index (χ2v) is 10.7. The normalized spacial score (nSPS) is 21.1. The van der Waals surface area contributed by atoms with Crippen LogP contribution in [0, 0.1) is 0 Å². The van der Waals surface area contributed by atoms with Gasteiger partial charge in [0.15, 0.2) is 5.78 Å². The van der Waals surface area contributed by atoms with E-state index in [4.69, 9.17) is 0 Å². The molecule has 2 N–H and O–H groups in total. The molecule has 2 aromatic carbocycles. The number of hydrogen-bond donors (Lipinski definition) is 2. The lowest BCUT2D eigenvalue weighted by Crippen LogP contribution is -2.31. The van der Waals surface area contributed by atoms with Crippen molar-refractivity contribution in [3.05, 3.63) is 70.3 Å². The van der Waals surface area contributed by atoms with E-state index in [-0.39, 0.29) is 16.6 Å². The minimum atomic E-state index is -1.37. The van der Waals surface area contributed by atoms with Crippen LogP contribution in [-0.4, -0.2) is 27.2 Å². The molecule has 0 spiro atoms. The van der Waals surface area contributed by atoms with Crippen molar-refractivity contribution >= 4 is 5.78 Å². The highest BCUT2D eigenvalue weighted by atomic mass is 16.3. The molecule has 1 aliphatic rings. The quantitative estimate of drug-likeness (QED) is 0.706. The fourth-order valence-electron chi connectivity index (χ4n) is 4.92. The largest absolute Gasteiger partial charge is 0.390 e. The standard InChI is InChI=1S/C26H34O3/c1-23(2)16-26(7,19-11-9-18(10-12-19)22(27)25(5,6)29)20-13-8-17(14-21(20)23)15-24(3,4)28/h8-14,28-29H,15-16H2,1-7H3. The first kappa shape index (κ1) is 21.7. The van der Waals surface area contributed by atoms with Crippen molar-refractivity contribution in [2.24, 2.45) is 0 Å². The van der Waals surface area contributed by atoms with Crippen LogP contribution in [0.2, 0.25) is 0 Å². The molecule has 2 aromatic rings. The van der Waals surface area contributed by atoms with E-state index in [0.29, 0.717) is 12.0 Å². The molecule has 0 aromatic heterocycles. The van der Waals surface area contributed by atoms with E-state index in [9.17, 15) is 15.0 Å². The molecule has 3 heteroatoms. The Labute approximate surface area is 174 Å². The molecule has 29 heavy (non-hydrogen) atoms. The number of ketones is 1. The van der Waals surface area contributed by atoms with E-state index < -0.39 is 11.2 Å². The second kappa shape index (κ2) is 6.78. The molecule has 0 fully saturated rings. The van der Waals surface area contributed by atoms with Gasteiger partial charge in [0.25, 0.3) is 0 Å². The van der Waals surface area contributed by atoms with Gasteiger partial charge in [-0.05, 0) is 61.8 Å². The maximum Gasteiger partial charge on any atom is 0.193 e. The van der Waals surface area contributed by atoms with Crippen LogP contribution in [0.25, 0.3) is 0 Å². The first-order valence-corrected chi connectivity index (χ1v) is 10.4. The van der Waals surface area contributed by atoms with Crippen molar-refractivity contribution < 1.29 is 15.0 Å². The summed E-state index contributed by atoms with van der Waals surface area (Å²) in [6, 6.07) is 14.3. The lowest BCUT2D eigenvalue weighted by Gasteiger charge is -2.29. The summed E-state index contributed by atoms with van der Waals surface area (Å²) >= 11 is 0. The molecule has 0 aliphatic heterocycles. The molecule has 0 amide bonds. The SMILES string of the molecule is CC(C)(O)Cc1ccc2c(c1)C(C)(C)CC2(C)c1ccc(C(=O)C(C)(C)O)cc1. The van der Waals surface area contributed by atoms with Gasteiger partial charge in [-0.1, -0.05) is 63.2 Å². The van der Waals surface area contributed by atoms with E-state index in [1.807, 2.05) is 38.1 Å². The van der Waals surface area contributed by atoms with Crippen LogP contribution in [0.5, 0.6) is 0 Å². The predicted molar refractivity (Wildman–Crippen MR) is 118 cm³/mol.